The Morgan fingerprint density at radius 3 is 2.39 bits per heavy atom. The first-order chi connectivity index (χ1) is 18.2. The maximum absolute atomic E-state index is 13.8. The Morgan fingerprint density at radius 1 is 1.05 bits per heavy atom. The van der Waals surface area contributed by atoms with Gasteiger partial charge in [0.2, 0.25) is 0 Å². The van der Waals surface area contributed by atoms with Gasteiger partial charge in [-0.15, -0.1) is 0 Å². The van der Waals surface area contributed by atoms with Crippen LogP contribution in [-0.2, 0) is 0 Å². The fourth-order valence-electron chi connectivity index (χ4n) is 4.15. The van der Waals surface area contributed by atoms with Crippen molar-refractivity contribution in [2.75, 3.05) is 19.0 Å². The van der Waals surface area contributed by atoms with Gasteiger partial charge in [0.25, 0.3) is 5.56 Å². The lowest BCUT2D eigenvalue weighted by Gasteiger charge is -2.31. The van der Waals surface area contributed by atoms with Crippen LogP contribution < -0.4 is 15.6 Å². The standard InChI is InChI=1S/C28H27Cl3N4O3/c1-4-5-14-34(28(37)33-24-13-7-18(29)15-23(24)31)17(2)26-32-25-16-19(30)6-12-22(25)27(36)35(26)20-8-10-21(38-3)11-9-20/h6-13,15-17H,4-5,14H2,1-3H3,(H,33,37). The van der Waals surface area contributed by atoms with Crippen molar-refractivity contribution >= 4 is 57.4 Å². The van der Waals surface area contributed by atoms with Gasteiger partial charge < -0.3 is 15.0 Å². The normalized spacial score (nSPS) is 11.8. The molecule has 1 aromatic heterocycles. The summed E-state index contributed by atoms with van der Waals surface area (Å²) in [6, 6.07) is 16.0. The maximum atomic E-state index is 13.8. The van der Waals surface area contributed by atoms with E-state index in [-0.39, 0.29) is 11.6 Å². The molecule has 1 unspecified atom stereocenters. The predicted octanol–water partition coefficient (Wildman–Crippen LogP) is 7.75. The van der Waals surface area contributed by atoms with Gasteiger partial charge in [0.15, 0.2) is 0 Å². The van der Waals surface area contributed by atoms with Crippen LogP contribution in [0.3, 0.4) is 0 Å². The van der Waals surface area contributed by atoms with E-state index in [4.69, 9.17) is 44.5 Å². The van der Waals surface area contributed by atoms with Crippen molar-refractivity contribution in [3.05, 3.63) is 91.9 Å². The number of nitrogens with one attached hydrogen (secondary N) is 1. The third-order valence-electron chi connectivity index (χ3n) is 6.22. The van der Waals surface area contributed by atoms with Crippen LogP contribution >= 0.6 is 34.8 Å². The number of nitrogens with zero attached hydrogens (tertiary/aromatic N) is 3. The fourth-order valence-corrected chi connectivity index (χ4v) is 4.78. The van der Waals surface area contributed by atoms with E-state index in [0.29, 0.717) is 55.5 Å². The summed E-state index contributed by atoms with van der Waals surface area (Å²) >= 11 is 18.6. The monoisotopic (exact) mass is 572 g/mol. The average molecular weight is 574 g/mol. The molecule has 0 fully saturated rings. The number of fused-ring (bicyclic) bond motifs is 1. The smallest absolute Gasteiger partial charge is 0.322 e. The van der Waals surface area contributed by atoms with E-state index in [1.807, 2.05) is 13.8 Å². The molecule has 1 N–H and O–H groups in total. The molecule has 1 atom stereocenters. The second kappa shape index (κ2) is 12.1. The van der Waals surface area contributed by atoms with Crippen molar-refractivity contribution in [2.24, 2.45) is 0 Å². The summed E-state index contributed by atoms with van der Waals surface area (Å²) in [4.78, 5) is 33.9. The number of urea groups is 1. The van der Waals surface area contributed by atoms with Crippen molar-refractivity contribution < 1.29 is 9.53 Å². The first-order valence-corrected chi connectivity index (χ1v) is 13.3. The molecule has 10 heteroatoms. The lowest BCUT2D eigenvalue weighted by Crippen LogP contribution is -2.40. The number of anilines is 1. The van der Waals surface area contributed by atoms with E-state index in [1.165, 1.54) is 4.57 Å². The summed E-state index contributed by atoms with van der Waals surface area (Å²) in [5.74, 6) is 1.05. The number of unbranched alkanes of at least 4 members (excludes halogenated alkanes) is 1. The molecule has 0 aliphatic rings. The Bertz CT molecular complexity index is 1520. The molecule has 0 spiro atoms. The second-order valence-corrected chi connectivity index (χ2v) is 10.0. The van der Waals surface area contributed by atoms with Gasteiger partial charge in [0, 0.05) is 16.6 Å². The van der Waals surface area contributed by atoms with Crippen LogP contribution in [0.5, 0.6) is 5.75 Å². The van der Waals surface area contributed by atoms with Crippen LogP contribution in [0.2, 0.25) is 15.1 Å². The van der Waals surface area contributed by atoms with Crippen molar-refractivity contribution in [2.45, 2.75) is 32.7 Å². The van der Waals surface area contributed by atoms with Gasteiger partial charge in [-0.25, -0.2) is 9.78 Å². The second-order valence-electron chi connectivity index (χ2n) is 8.75. The summed E-state index contributed by atoms with van der Waals surface area (Å²) in [5.41, 5.74) is 1.21. The van der Waals surface area contributed by atoms with Crippen molar-refractivity contribution in [1.29, 1.82) is 0 Å². The molecule has 0 saturated carbocycles. The molecule has 198 valence electrons. The van der Waals surface area contributed by atoms with Crippen molar-refractivity contribution in [3.63, 3.8) is 0 Å². The van der Waals surface area contributed by atoms with Gasteiger partial charge in [-0.05, 0) is 74.0 Å². The number of aromatic nitrogens is 2. The Balaban J connectivity index is 1.84. The Kier molecular flexibility index (Phi) is 8.82. The summed E-state index contributed by atoms with van der Waals surface area (Å²) < 4.78 is 6.82. The van der Waals surface area contributed by atoms with E-state index in [0.717, 1.165) is 12.8 Å². The predicted molar refractivity (Wildman–Crippen MR) is 154 cm³/mol. The van der Waals surface area contributed by atoms with E-state index < -0.39 is 6.04 Å². The first kappa shape index (κ1) is 27.8. The minimum Gasteiger partial charge on any atom is -0.497 e. The SMILES string of the molecule is CCCCN(C(=O)Nc1ccc(Cl)cc1Cl)C(C)c1nc2cc(Cl)ccc2c(=O)n1-c1ccc(OC)cc1. The van der Waals surface area contributed by atoms with E-state index in [1.54, 1.807) is 72.7 Å². The quantitative estimate of drug-likeness (QED) is 0.234. The molecule has 0 aliphatic carbocycles. The fraction of sp³-hybridized carbons (Fsp3) is 0.250. The van der Waals surface area contributed by atoms with Crippen molar-refractivity contribution in [3.8, 4) is 11.4 Å². The highest BCUT2D eigenvalue weighted by atomic mass is 35.5. The number of rotatable bonds is 8. The average Bonchev–Trinajstić information content (AvgIpc) is 2.90. The summed E-state index contributed by atoms with van der Waals surface area (Å²) in [5, 5.41) is 4.54. The zero-order chi connectivity index (χ0) is 27.4. The van der Waals surface area contributed by atoms with E-state index >= 15 is 0 Å². The molecule has 1 heterocycles. The third-order valence-corrected chi connectivity index (χ3v) is 7.00. The minimum atomic E-state index is -0.592. The number of methoxy groups -OCH3 is 1. The summed E-state index contributed by atoms with van der Waals surface area (Å²) in [6.45, 7) is 4.32. The van der Waals surface area contributed by atoms with Gasteiger partial charge in [0.1, 0.15) is 11.6 Å². The minimum absolute atomic E-state index is 0.268. The van der Waals surface area contributed by atoms with E-state index in [2.05, 4.69) is 5.32 Å². The molecule has 4 aromatic rings. The van der Waals surface area contributed by atoms with Gasteiger partial charge in [-0.2, -0.15) is 0 Å². The van der Waals surface area contributed by atoms with Crippen molar-refractivity contribution in [1.82, 2.24) is 14.5 Å². The van der Waals surface area contributed by atoms with Crippen LogP contribution in [0.1, 0.15) is 38.6 Å². The van der Waals surface area contributed by atoms with Crippen LogP contribution in [-0.4, -0.2) is 34.1 Å². The number of hydrogen-bond donors (Lipinski definition) is 1. The highest BCUT2D eigenvalue weighted by molar-refractivity contribution is 6.36. The lowest BCUT2D eigenvalue weighted by atomic mass is 10.1. The van der Waals surface area contributed by atoms with Gasteiger partial charge >= 0.3 is 6.03 Å². The highest BCUT2D eigenvalue weighted by Crippen LogP contribution is 2.29. The van der Waals surface area contributed by atoms with Crippen LogP contribution in [0.25, 0.3) is 16.6 Å². The summed E-state index contributed by atoms with van der Waals surface area (Å²) in [7, 11) is 1.58. The first-order valence-electron chi connectivity index (χ1n) is 12.1. The molecule has 38 heavy (non-hydrogen) atoms. The molecule has 0 aliphatic heterocycles. The molecule has 3 aromatic carbocycles. The van der Waals surface area contributed by atoms with Crippen LogP contribution in [0, 0.1) is 0 Å². The molecular formula is C28H27Cl3N4O3. The number of ether oxygens (including phenoxy) is 1. The Morgan fingerprint density at radius 2 is 1.74 bits per heavy atom. The molecule has 0 saturated heterocycles. The van der Waals surface area contributed by atoms with Gasteiger partial charge in [-0.3, -0.25) is 9.36 Å². The highest BCUT2D eigenvalue weighted by Gasteiger charge is 2.27. The molecule has 4 rings (SSSR count). The molecule has 7 nitrogen and oxygen atoms in total. The Labute approximate surface area is 235 Å². The summed E-state index contributed by atoms with van der Waals surface area (Å²) in [6.07, 6.45) is 1.61. The zero-order valence-corrected chi connectivity index (χ0v) is 23.4. The van der Waals surface area contributed by atoms with E-state index in [9.17, 15) is 9.59 Å². The van der Waals surface area contributed by atoms with Crippen LogP contribution in [0.15, 0.2) is 65.5 Å². The lowest BCUT2D eigenvalue weighted by molar-refractivity contribution is 0.188. The van der Waals surface area contributed by atoms with Crippen LogP contribution in [0.4, 0.5) is 10.5 Å². The molecule has 0 radical (unpaired) electrons. The molecular weight excluding hydrogens is 547 g/mol. The largest absolute Gasteiger partial charge is 0.497 e. The van der Waals surface area contributed by atoms with Gasteiger partial charge in [-0.1, -0.05) is 48.1 Å². The number of halogens is 3. The molecule has 2 amide bonds. The Hall–Kier alpha value is -3.26. The zero-order valence-electron chi connectivity index (χ0n) is 21.2. The topological polar surface area (TPSA) is 76.5 Å². The molecule has 0 bridgehead atoms. The number of carbonyl (C=O) groups is 1. The maximum Gasteiger partial charge on any atom is 0.322 e. The number of hydrogen-bond acceptors (Lipinski definition) is 4. The number of amides is 2. The third kappa shape index (κ3) is 5.90. The number of benzene rings is 3. The number of carbonyl (C=O) groups excluding carboxylic acids is 1. The van der Waals surface area contributed by atoms with Gasteiger partial charge in [0.05, 0.1) is 40.5 Å².